The number of nitrogens with one attached hydrogen (secondary N) is 1. The van der Waals surface area contributed by atoms with Gasteiger partial charge >= 0.3 is 0 Å². The number of anilines is 1. The molecule has 1 aliphatic carbocycles. The van der Waals surface area contributed by atoms with Crippen molar-refractivity contribution < 1.29 is 4.79 Å². The lowest BCUT2D eigenvalue weighted by Crippen LogP contribution is -2.18. The molecule has 1 saturated carbocycles. The summed E-state index contributed by atoms with van der Waals surface area (Å²) in [5, 5.41) is 11.8. The molecule has 3 heteroatoms. The van der Waals surface area contributed by atoms with Gasteiger partial charge < -0.3 is 5.32 Å². The molecule has 0 aliphatic heterocycles. The predicted molar refractivity (Wildman–Crippen MR) is 75.7 cm³/mol. The Morgan fingerprint density at radius 2 is 2.11 bits per heavy atom. The Morgan fingerprint density at radius 3 is 2.79 bits per heavy atom. The van der Waals surface area contributed by atoms with Crippen LogP contribution >= 0.6 is 0 Å². The summed E-state index contributed by atoms with van der Waals surface area (Å²) in [5.41, 5.74) is 2.34. The first-order valence-corrected chi connectivity index (χ1v) is 6.99. The maximum Gasteiger partial charge on any atom is 0.224 e. The molecule has 1 aliphatic rings. The average Bonchev–Trinajstić information content (AvgIpc) is 2.42. The highest BCUT2D eigenvalue weighted by Gasteiger charge is 2.17. The molecule has 1 fully saturated rings. The van der Waals surface area contributed by atoms with E-state index in [0.29, 0.717) is 17.9 Å². The maximum atomic E-state index is 12.0. The monoisotopic (exact) mass is 256 g/mol. The van der Waals surface area contributed by atoms with Crippen LogP contribution in [0, 0.1) is 24.2 Å². The van der Waals surface area contributed by atoms with Crippen LogP contribution < -0.4 is 5.32 Å². The highest BCUT2D eigenvalue weighted by Crippen LogP contribution is 2.27. The third-order valence-electron chi connectivity index (χ3n) is 3.84. The Balaban J connectivity index is 1.96. The van der Waals surface area contributed by atoms with Crippen LogP contribution in [0.4, 0.5) is 5.69 Å². The summed E-state index contributed by atoms with van der Waals surface area (Å²) in [4.78, 5) is 12.0. The normalized spacial score (nSPS) is 15.8. The van der Waals surface area contributed by atoms with Crippen molar-refractivity contribution in [3.05, 3.63) is 29.3 Å². The molecule has 19 heavy (non-hydrogen) atoms. The largest absolute Gasteiger partial charge is 0.326 e. The van der Waals surface area contributed by atoms with E-state index >= 15 is 0 Å². The fourth-order valence-corrected chi connectivity index (χ4v) is 2.68. The lowest BCUT2D eigenvalue weighted by Gasteiger charge is -2.21. The van der Waals surface area contributed by atoms with E-state index in [2.05, 4.69) is 11.4 Å². The molecule has 3 nitrogen and oxygen atoms in total. The Morgan fingerprint density at radius 1 is 1.37 bits per heavy atom. The van der Waals surface area contributed by atoms with E-state index in [0.717, 1.165) is 11.3 Å². The van der Waals surface area contributed by atoms with Crippen molar-refractivity contribution in [1.29, 1.82) is 5.26 Å². The zero-order chi connectivity index (χ0) is 13.7. The van der Waals surface area contributed by atoms with Gasteiger partial charge in [0.15, 0.2) is 0 Å². The summed E-state index contributed by atoms with van der Waals surface area (Å²) in [5.74, 6) is 0.610. The second-order valence-corrected chi connectivity index (χ2v) is 5.40. The summed E-state index contributed by atoms with van der Waals surface area (Å²) in [7, 11) is 0. The number of aryl methyl sites for hydroxylation is 1. The van der Waals surface area contributed by atoms with Crippen LogP contribution in [0.5, 0.6) is 0 Å². The lowest BCUT2D eigenvalue weighted by atomic mass is 9.87. The Bertz CT molecular complexity index is 496. The van der Waals surface area contributed by atoms with E-state index in [-0.39, 0.29) is 5.91 Å². The van der Waals surface area contributed by atoms with Crippen LogP contribution in [0.25, 0.3) is 0 Å². The predicted octanol–water partition coefficient (Wildman–Crippen LogP) is 3.78. The Hall–Kier alpha value is -1.82. The van der Waals surface area contributed by atoms with Gasteiger partial charge in [-0.3, -0.25) is 4.79 Å². The molecule has 2 rings (SSSR count). The molecule has 0 heterocycles. The number of carbonyl (C=O) groups is 1. The second kappa shape index (κ2) is 6.38. The quantitative estimate of drug-likeness (QED) is 0.894. The molecule has 1 aromatic rings. The summed E-state index contributed by atoms with van der Waals surface area (Å²) in [6, 6.07) is 7.48. The topological polar surface area (TPSA) is 52.9 Å². The highest BCUT2D eigenvalue weighted by molar-refractivity contribution is 5.91. The smallest absolute Gasteiger partial charge is 0.224 e. The van der Waals surface area contributed by atoms with E-state index in [1.54, 1.807) is 12.1 Å². The standard InChI is InChI=1S/C16H20N2O/c1-12-7-8-14(11-17)9-15(12)18-16(19)10-13-5-3-2-4-6-13/h7-9,13H,2-6,10H2,1H3,(H,18,19). The number of nitrogens with zero attached hydrogens (tertiary/aromatic N) is 1. The third kappa shape index (κ3) is 3.82. The number of hydrogen-bond donors (Lipinski definition) is 1. The summed E-state index contributed by atoms with van der Waals surface area (Å²) < 4.78 is 0. The van der Waals surface area contributed by atoms with Gasteiger partial charge in [0.1, 0.15) is 0 Å². The van der Waals surface area contributed by atoms with Gasteiger partial charge in [-0.1, -0.05) is 25.3 Å². The van der Waals surface area contributed by atoms with Crippen LogP contribution in [-0.4, -0.2) is 5.91 Å². The molecule has 0 spiro atoms. The average molecular weight is 256 g/mol. The van der Waals surface area contributed by atoms with E-state index in [4.69, 9.17) is 5.26 Å². The molecule has 0 radical (unpaired) electrons. The first-order valence-electron chi connectivity index (χ1n) is 6.99. The van der Waals surface area contributed by atoms with Crippen LogP contribution in [0.3, 0.4) is 0 Å². The third-order valence-corrected chi connectivity index (χ3v) is 3.84. The summed E-state index contributed by atoms with van der Waals surface area (Å²) in [6.45, 7) is 1.94. The van der Waals surface area contributed by atoms with Gasteiger partial charge in [0.05, 0.1) is 11.6 Å². The first kappa shape index (κ1) is 13.6. The highest BCUT2D eigenvalue weighted by atomic mass is 16.1. The number of amides is 1. The van der Waals surface area contributed by atoms with E-state index in [9.17, 15) is 4.79 Å². The van der Waals surface area contributed by atoms with Crippen LogP contribution in [-0.2, 0) is 4.79 Å². The van der Waals surface area contributed by atoms with E-state index < -0.39 is 0 Å². The van der Waals surface area contributed by atoms with Crippen LogP contribution in [0.15, 0.2) is 18.2 Å². The number of hydrogen-bond acceptors (Lipinski definition) is 2. The zero-order valence-electron chi connectivity index (χ0n) is 11.4. The first-order chi connectivity index (χ1) is 9.19. The van der Waals surface area contributed by atoms with Crippen LogP contribution in [0.2, 0.25) is 0 Å². The molecule has 0 unspecified atom stereocenters. The fourth-order valence-electron chi connectivity index (χ4n) is 2.68. The van der Waals surface area contributed by atoms with E-state index in [1.807, 2.05) is 13.0 Å². The van der Waals surface area contributed by atoms with Gasteiger partial charge in [-0.15, -0.1) is 0 Å². The molecule has 0 atom stereocenters. The minimum absolute atomic E-state index is 0.0742. The zero-order valence-corrected chi connectivity index (χ0v) is 11.4. The number of carbonyl (C=O) groups excluding carboxylic acids is 1. The van der Waals surface area contributed by atoms with Crippen molar-refractivity contribution in [2.75, 3.05) is 5.32 Å². The van der Waals surface area contributed by atoms with E-state index in [1.165, 1.54) is 32.1 Å². The molecule has 0 bridgehead atoms. The number of benzene rings is 1. The molecule has 1 N–H and O–H groups in total. The molecule has 0 aromatic heterocycles. The molecule has 0 saturated heterocycles. The fraction of sp³-hybridized carbons (Fsp3) is 0.500. The molecule has 100 valence electrons. The van der Waals surface area contributed by atoms with Gasteiger partial charge in [0.2, 0.25) is 5.91 Å². The van der Waals surface area contributed by atoms with Crippen molar-refractivity contribution in [1.82, 2.24) is 0 Å². The van der Waals surface area contributed by atoms with Gasteiger partial charge in [-0.25, -0.2) is 0 Å². The SMILES string of the molecule is Cc1ccc(C#N)cc1NC(=O)CC1CCCCC1. The number of nitriles is 1. The molecular weight excluding hydrogens is 236 g/mol. The van der Waals surface area contributed by atoms with Crippen molar-refractivity contribution in [2.45, 2.75) is 45.4 Å². The van der Waals surface area contributed by atoms with Crippen molar-refractivity contribution >= 4 is 11.6 Å². The van der Waals surface area contributed by atoms with Gasteiger partial charge in [-0.05, 0) is 43.4 Å². The minimum atomic E-state index is 0.0742. The van der Waals surface area contributed by atoms with Crippen molar-refractivity contribution in [2.24, 2.45) is 5.92 Å². The summed E-state index contributed by atoms with van der Waals surface area (Å²) >= 11 is 0. The maximum absolute atomic E-state index is 12.0. The number of rotatable bonds is 3. The van der Waals surface area contributed by atoms with Crippen molar-refractivity contribution in [3.8, 4) is 6.07 Å². The second-order valence-electron chi connectivity index (χ2n) is 5.40. The van der Waals surface area contributed by atoms with Gasteiger partial charge in [0.25, 0.3) is 0 Å². The van der Waals surface area contributed by atoms with Gasteiger partial charge in [0, 0.05) is 12.1 Å². The van der Waals surface area contributed by atoms with Gasteiger partial charge in [-0.2, -0.15) is 5.26 Å². The Kier molecular flexibility index (Phi) is 4.57. The van der Waals surface area contributed by atoms with Crippen molar-refractivity contribution in [3.63, 3.8) is 0 Å². The minimum Gasteiger partial charge on any atom is -0.326 e. The molecule has 1 amide bonds. The lowest BCUT2D eigenvalue weighted by molar-refractivity contribution is -0.117. The molecular formula is C16H20N2O. The van der Waals surface area contributed by atoms with Crippen LogP contribution in [0.1, 0.15) is 49.7 Å². The Labute approximate surface area is 114 Å². The summed E-state index contributed by atoms with van der Waals surface area (Å²) in [6.07, 6.45) is 6.76. The molecule has 1 aromatic carbocycles.